The fourth-order valence-electron chi connectivity index (χ4n) is 2.73. The Labute approximate surface area is 151 Å². The minimum Gasteiger partial charge on any atom is -0.496 e. The smallest absolute Gasteiger partial charge is 0.129 e. The van der Waals surface area contributed by atoms with Crippen LogP contribution >= 0.6 is 11.3 Å². The highest BCUT2D eigenvalue weighted by atomic mass is 32.1. The highest BCUT2D eigenvalue weighted by molar-refractivity contribution is 7.21. The van der Waals surface area contributed by atoms with Crippen molar-refractivity contribution in [1.29, 1.82) is 0 Å². The number of hydrogen-bond acceptors (Lipinski definition) is 3. The molecule has 0 N–H and O–H groups in total. The number of hydrogen-bond donors (Lipinski definition) is 0. The van der Waals surface area contributed by atoms with Gasteiger partial charge in [0, 0.05) is 0 Å². The second-order valence-corrected chi connectivity index (χ2v) is 6.72. The molecule has 2 nitrogen and oxygen atoms in total. The molecule has 25 heavy (non-hydrogen) atoms. The predicted molar refractivity (Wildman–Crippen MR) is 107 cm³/mol. The summed E-state index contributed by atoms with van der Waals surface area (Å²) < 4.78 is 6.81. The van der Waals surface area contributed by atoms with Gasteiger partial charge >= 0.3 is 0 Å². The molecule has 0 radical (unpaired) electrons. The summed E-state index contributed by atoms with van der Waals surface area (Å²) in [5.74, 6) is 0.842. The van der Waals surface area contributed by atoms with Crippen molar-refractivity contribution in [2.24, 2.45) is 0 Å². The van der Waals surface area contributed by atoms with Crippen LogP contribution in [0.3, 0.4) is 0 Å². The molecule has 1 aromatic heterocycles. The van der Waals surface area contributed by atoms with E-state index in [1.807, 2.05) is 36.4 Å². The lowest BCUT2D eigenvalue weighted by Crippen LogP contribution is -1.88. The average molecular weight is 343 g/mol. The van der Waals surface area contributed by atoms with Crippen molar-refractivity contribution in [1.82, 2.24) is 4.98 Å². The van der Waals surface area contributed by atoms with E-state index >= 15 is 0 Å². The van der Waals surface area contributed by atoms with Gasteiger partial charge < -0.3 is 4.74 Å². The van der Waals surface area contributed by atoms with E-state index in [-0.39, 0.29) is 0 Å². The minimum atomic E-state index is 0.842. The van der Waals surface area contributed by atoms with E-state index in [2.05, 4.69) is 48.6 Å². The zero-order valence-electron chi connectivity index (χ0n) is 13.8. The molecule has 1 heterocycles. The molecule has 0 aliphatic carbocycles. The standard InChI is InChI=1S/C22H17NOS/c1-24-20-15-17(12-11-16-7-3-2-4-8-16)13-14-18(20)22-23-19-9-5-6-10-21(19)25-22/h2-15H,1H3. The van der Waals surface area contributed by atoms with Gasteiger partial charge in [0.2, 0.25) is 0 Å². The minimum absolute atomic E-state index is 0.842. The van der Waals surface area contributed by atoms with Gasteiger partial charge in [-0.2, -0.15) is 0 Å². The number of benzene rings is 3. The molecule has 0 saturated carbocycles. The molecule has 0 spiro atoms. The molecular weight excluding hydrogens is 326 g/mol. The summed E-state index contributed by atoms with van der Waals surface area (Å²) in [6.45, 7) is 0. The van der Waals surface area contributed by atoms with Crippen LogP contribution in [0.15, 0.2) is 72.8 Å². The predicted octanol–water partition coefficient (Wildman–Crippen LogP) is 6.14. The first-order valence-electron chi connectivity index (χ1n) is 8.10. The summed E-state index contributed by atoms with van der Waals surface area (Å²) in [6.07, 6.45) is 4.20. The fraction of sp³-hybridized carbons (Fsp3) is 0.0455. The summed E-state index contributed by atoms with van der Waals surface area (Å²) in [7, 11) is 1.71. The molecule has 3 heteroatoms. The van der Waals surface area contributed by atoms with E-state index in [1.54, 1.807) is 18.4 Å². The molecule has 122 valence electrons. The number of fused-ring (bicyclic) bond motifs is 1. The molecule has 0 amide bonds. The fourth-order valence-corrected chi connectivity index (χ4v) is 3.73. The molecule has 0 unspecified atom stereocenters. The van der Waals surface area contributed by atoms with Crippen LogP contribution in [-0.2, 0) is 0 Å². The maximum Gasteiger partial charge on any atom is 0.129 e. The summed E-state index contributed by atoms with van der Waals surface area (Å²) in [6, 6.07) is 24.7. The number of methoxy groups -OCH3 is 1. The van der Waals surface area contributed by atoms with Crippen LogP contribution in [-0.4, -0.2) is 12.1 Å². The molecule has 3 aromatic carbocycles. The number of rotatable bonds is 4. The van der Waals surface area contributed by atoms with Crippen LogP contribution in [0.1, 0.15) is 11.1 Å². The third-order valence-corrected chi connectivity index (χ3v) is 5.09. The van der Waals surface area contributed by atoms with Crippen LogP contribution in [0.25, 0.3) is 32.9 Å². The van der Waals surface area contributed by atoms with Gasteiger partial charge in [0.1, 0.15) is 10.8 Å². The molecular formula is C22H17NOS. The summed E-state index contributed by atoms with van der Waals surface area (Å²) >= 11 is 1.69. The second-order valence-electron chi connectivity index (χ2n) is 5.69. The third kappa shape index (κ3) is 3.32. The van der Waals surface area contributed by atoms with Crippen LogP contribution in [0.5, 0.6) is 5.75 Å². The van der Waals surface area contributed by atoms with Crippen molar-refractivity contribution in [2.45, 2.75) is 0 Å². The third-order valence-electron chi connectivity index (χ3n) is 4.02. The lowest BCUT2D eigenvalue weighted by molar-refractivity contribution is 0.416. The van der Waals surface area contributed by atoms with E-state index < -0.39 is 0 Å². The molecule has 0 aliphatic heterocycles. The normalized spacial score (nSPS) is 11.2. The number of para-hydroxylation sites is 1. The molecule has 0 saturated heterocycles. The highest BCUT2D eigenvalue weighted by Crippen LogP contribution is 2.36. The van der Waals surface area contributed by atoms with E-state index in [4.69, 9.17) is 9.72 Å². The Morgan fingerprint density at radius 3 is 2.40 bits per heavy atom. The average Bonchev–Trinajstić information content (AvgIpc) is 3.11. The van der Waals surface area contributed by atoms with Crippen molar-refractivity contribution in [3.8, 4) is 16.3 Å². The Kier molecular flexibility index (Phi) is 4.32. The van der Waals surface area contributed by atoms with E-state index in [9.17, 15) is 0 Å². The first-order chi connectivity index (χ1) is 12.3. The van der Waals surface area contributed by atoms with Gasteiger partial charge in [0.15, 0.2) is 0 Å². The quantitative estimate of drug-likeness (QED) is 0.415. The molecule has 0 aliphatic rings. The Balaban J connectivity index is 1.69. The zero-order chi connectivity index (χ0) is 17.1. The van der Waals surface area contributed by atoms with Crippen LogP contribution in [0.2, 0.25) is 0 Å². The van der Waals surface area contributed by atoms with Crippen LogP contribution in [0.4, 0.5) is 0 Å². The van der Waals surface area contributed by atoms with Crippen LogP contribution in [0, 0.1) is 0 Å². The topological polar surface area (TPSA) is 22.1 Å². The lowest BCUT2D eigenvalue weighted by Gasteiger charge is -2.07. The SMILES string of the molecule is COc1cc(C=Cc2ccccc2)ccc1-c1nc2ccccc2s1. The van der Waals surface area contributed by atoms with Gasteiger partial charge in [-0.05, 0) is 35.4 Å². The van der Waals surface area contributed by atoms with E-state index in [0.29, 0.717) is 0 Å². The van der Waals surface area contributed by atoms with Crippen molar-refractivity contribution in [3.05, 3.63) is 83.9 Å². The summed E-state index contributed by atoms with van der Waals surface area (Å²) in [5.41, 5.74) is 4.33. The van der Waals surface area contributed by atoms with E-state index in [0.717, 1.165) is 27.4 Å². The summed E-state index contributed by atoms with van der Waals surface area (Å²) in [4.78, 5) is 4.74. The zero-order valence-corrected chi connectivity index (χ0v) is 14.7. The maximum absolute atomic E-state index is 5.62. The maximum atomic E-state index is 5.62. The first-order valence-corrected chi connectivity index (χ1v) is 8.92. The number of aromatic nitrogens is 1. The second kappa shape index (κ2) is 6.91. The van der Waals surface area contributed by atoms with Crippen molar-refractivity contribution in [2.75, 3.05) is 7.11 Å². The molecule has 4 aromatic rings. The van der Waals surface area contributed by atoms with Gasteiger partial charge in [-0.15, -0.1) is 11.3 Å². The Hall–Kier alpha value is -2.91. The Bertz CT molecular complexity index is 1000. The Morgan fingerprint density at radius 1 is 0.840 bits per heavy atom. The summed E-state index contributed by atoms with van der Waals surface area (Å²) in [5, 5.41) is 0.983. The molecule has 0 fully saturated rings. The molecule has 4 rings (SSSR count). The van der Waals surface area contributed by atoms with Crippen molar-refractivity contribution < 1.29 is 4.74 Å². The van der Waals surface area contributed by atoms with Gasteiger partial charge in [0.25, 0.3) is 0 Å². The van der Waals surface area contributed by atoms with Crippen LogP contribution < -0.4 is 4.74 Å². The number of nitrogens with zero attached hydrogens (tertiary/aromatic N) is 1. The highest BCUT2D eigenvalue weighted by Gasteiger charge is 2.11. The lowest BCUT2D eigenvalue weighted by atomic mass is 10.1. The largest absolute Gasteiger partial charge is 0.496 e. The van der Waals surface area contributed by atoms with Gasteiger partial charge in [-0.3, -0.25) is 0 Å². The van der Waals surface area contributed by atoms with Crippen molar-refractivity contribution in [3.63, 3.8) is 0 Å². The first kappa shape index (κ1) is 15.6. The van der Waals surface area contributed by atoms with Gasteiger partial charge in [-0.1, -0.05) is 60.7 Å². The number of thiazole rings is 1. The van der Waals surface area contributed by atoms with E-state index in [1.165, 1.54) is 10.3 Å². The molecule has 0 bridgehead atoms. The monoisotopic (exact) mass is 343 g/mol. The van der Waals surface area contributed by atoms with Gasteiger partial charge in [-0.25, -0.2) is 4.98 Å². The number of ether oxygens (including phenoxy) is 1. The van der Waals surface area contributed by atoms with Crippen molar-refractivity contribution >= 4 is 33.7 Å². The molecule has 0 atom stereocenters. The van der Waals surface area contributed by atoms with Gasteiger partial charge in [0.05, 0.1) is 22.9 Å². The Morgan fingerprint density at radius 2 is 1.60 bits per heavy atom.